The van der Waals surface area contributed by atoms with Crippen LogP contribution in [-0.4, -0.2) is 133 Å². The Morgan fingerprint density at radius 1 is 0.855 bits per heavy atom. The highest BCUT2D eigenvalue weighted by molar-refractivity contribution is 7.99. The third-order valence-electron chi connectivity index (χ3n) is 11.7. The second-order valence-electron chi connectivity index (χ2n) is 17.2. The number of hydrogen-bond acceptors (Lipinski definition) is 9. The van der Waals surface area contributed by atoms with Crippen LogP contribution in [0.5, 0.6) is 0 Å². The van der Waals surface area contributed by atoms with Gasteiger partial charge in [-0.05, 0) is 62.3 Å². The van der Waals surface area contributed by atoms with Crippen molar-refractivity contribution in [3.63, 3.8) is 0 Å². The van der Waals surface area contributed by atoms with Crippen LogP contribution in [0.2, 0.25) is 0 Å². The van der Waals surface area contributed by atoms with Crippen LogP contribution in [0.4, 0.5) is 0 Å². The molecular weight excluding hydrogens is 719 g/mol. The molecule has 5 N–H and O–H groups in total. The molecule has 0 aromatic heterocycles. The molecule has 0 aliphatic carbocycles. The monoisotopic (exact) mass is 798 g/mol. The largest absolute Gasteiger partial charge is 0.379 e. The lowest BCUT2D eigenvalue weighted by Crippen LogP contribution is -2.60. The summed E-state index contributed by atoms with van der Waals surface area (Å²) in [6, 6.07) is -2.82. The molecule has 1 heterocycles. The molecule has 0 bridgehead atoms. The summed E-state index contributed by atoms with van der Waals surface area (Å²) in [6.07, 6.45) is 2.47. The Labute approximate surface area is 338 Å². The SMILES string of the molecule is CCC(C)C(C(CC(=O)N1CCCC1C(C)C(C)C)OC)N(C)C(=O)[C@@H](NC(=O)C(C(C)C)N(C)CCSCNC(=O)C(C)NC(=O)[C@@H](N)C(C)C)C(C)C. The van der Waals surface area contributed by atoms with Gasteiger partial charge in [0, 0.05) is 39.0 Å². The molecule has 55 heavy (non-hydrogen) atoms. The Morgan fingerprint density at radius 3 is 1.98 bits per heavy atom. The average molecular weight is 798 g/mol. The molecule has 1 saturated heterocycles. The Morgan fingerprint density at radius 2 is 1.47 bits per heavy atom. The van der Waals surface area contributed by atoms with Crippen LogP contribution in [0.1, 0.15) is 109 Å². The van der Waals surface area contributed by atoms with Crippen LogP contribution in [0.25, 0.3) is 0 Å². The fourth-order valence-electron chi connectivity index (χ4n) is 7.47. The number of rotatable bonds is 24. The van der Waals surface area contributed by atoms with Gasteiger partial charge in [-0.2, -0.15) is 0 Å². The standard InChI is InChI=1S/C41H79N7O6S/c1-16-28(10)37(32(54-15)22-33(49)48-19-17-18-31(48)29(11)24(2)3)47(14)41(53)35(26(6)7)45-40(52)36(27(8)9)46(13)20-21-55-23-43-38(50)30(12)44-39(51)34(42)25(4)5/h24-32,34-37H,16-23,42H2,1-15H3,(H,43,50)(H,44,51)(H,45,52)/t28?,29?,30?,31?,32?,34-,35-,36?,37?/m0/s1. The molecule has 5 amide bonds. The predicted octanol–water partition coefficient (Wildman–Crippen LogP) is 3.94. The molecule has 0 saturated carbocycles. The van der Waals surface area contributed by atoms with Crippen LogP contribution >= 0.6 is 11.8 Å². The smallest absolute Gasteiger partial charge is 0.245 e. The van der Waals surface area contributed by atoms with Crippen molar-refractivity contribution >= 4 is 41.3 Å². The van der Waals surface area contributed by atoms with Gasteiger partial charge in [-0.3, -0.25) is 28.9 Å². The molecule has 0 radical (unpaired) electrons. The highest BCUT2D eigenvalue weighted by Gasteiger charge is 2.41. The quantitative estimate of drug-likeness (QED) is 0.0837. The summed E-state index contributed by atoms with van der Waals surface area (Å²) in [5.41, 5.74) is 5.89. The molecule has 1 aliphatic rings. The summed E-state index contributed by atoms with van der Waals surface area (Å²) < 4.78 is 6.03. The second kappa shape index (κ2) is 24.4. The van der Waals surface area contributed by atoms with E-state index in [0.29, 0.717) is 30.0 Å². The van der Waals surface area contributed by atoms with E-state index >= 15 is 0 Å². The zero-order valence-corrected chi connectivity index (χ0v) is 37.8. The summed E-state index contributed by atoms with van der Waals surface area (Å²) in [6.45, 7) is 25.3. The minimum Gasteiger partial charge on any atom is -0.379 e. The number of nitrogens with two attached hydrogens (primary N) is 1. The minimum absolute atomic E-state index is 0.0389. The lowest BCUT2D eigenvalue weighted by Gasteiger charge is -2.41. The Balaban J connectivity index is 2.98. The molecule has 1 rings (SSSR count). The predicted molar refractivity (Wildman–Crippen MR) is 224 cm³/mol. The van der Waals surface area contributed by atoms with Crippen molar-refractivity contribution in [3.05, 3.63) is 0 Å². The van der Waals surface area contributed by atoms with Crippen molar-refractivity contribution in [1.29, 1.82) is 0 Å². The van der Waals surface area contributed by atoms with Crippen LogP contribution < -0.4 is 21.7 Å². The molecule has 7 unspecified atom stereocenters. The highest BCUT2D eigenvalue weighted by Crippen LogP contribution is 2.31. The first-order valence-corrected chi connectivity index (χ1v) is 21.8. The maximum Gasteiger partial charge on any atom is 0.245 e. The Bertz CT molecular complexity index is 1220. The van der Waals surface area contributed by atoms with E-state index in [9.17, 15) is 24.0 Å². The fraction of sp³-hybridized carbons (Fsp3) is 0.878. The van der Waals surface area contributed by atoms with E-state index < -0.39 is 30.3 Å². The second-order valence-corrected chi connectivity index (χ2v) is 18.3. The molecule has 320 valence electrons. The molecule has 13 nitrogen and oxygen atoms in total. The number of ether oxygens (including phenoxy) is 1. The molecule has 9 atom stereocenters. The van der Waals surface area contributed by atoms with Crippen molar-refractivity contribution in [2.24, 2.45) is 41.2 Å². The topological polar surface area (TPSA) is 166 Å². The zero-order valence-electron chi connectivity index (χ0n) is 36.9. The van der Waals surface area contributed by atoms with E-state index in [1.807, 2.05) is 58.4 Å². The lowest BCUT2D eigenvalue weighted by molar-refractivity contribution is -0.146. The number of likely N-dealkylation sites (tertiary alicyclic amines) is 1. The Kier molecular flexibility index (Phi) is 22.4. The molecular formula is C41H79N7O6S. The first-order valence-electron chi connectivity index (χ1n) is 20.6. The lowest BCUT2D eigenvalue weighted by atomic mass is 9.88. The van der Waals surface area contributed by atoms with Crippen LogP contribution in [0, 0.1) is 35.5 Å². The average Bonchev–Trinajstić information content (AvgIpc) is 3.61. The van der Waals surface area contributed by atoms with Crippen LogP contribution in [0.3, 0.4) is 0 Å². The van der Waals surface area contributed by atoms with Gasteiger partial charge in [-0.1, -0.05) is 82.6 Å². The van der Waals surface area contributed by atoms with Gasteiger partial charge in [0.1, 0.15) is 12.1 Å². The first kappa shape index (κ1) is 50.6. The van der Waals surface area contributed by atoms with E-state index in [4.69, 9.17) is 10.5 Å². The van der Waals surface area contributed by atoms with Crippen molar-refractivity contribution in [2.75, 3.05) is 45.9 Å². The number of amides is 5. The normalized spacial score (nSPS) is 19.2. The number of nitrogens with one attached hydrogen (secondary N) is 3. The van der Waals surface area contributed by atoms with Gasteiger partial charge < -0.3 is 36.2 Å². The Hall–Kier alpha value is -2.42. The molecule has 1 fully saturated rings. The third kappa shape index (κ3) is 15.1. The van der Waals surface area contributed by atoms with E-state index in [1.165, 1.54) is 11.8 Å². The van der Waals surface area contributed by atoms with Crippen molar-refractivity contribution in [1.82, 2.24) is 30.7 Å². The number of hydrogen-bond donors (Lipinski definition) is 4. The van der Waals surface area contributed by atoms with Gasteiger partial charge in [0.2, 0.25) is 29.5 Å². The van der Waals surface area contributed by atoms with Gasteiger partial charge in [0.25, 0.3) is 0 Å². The maximum atomic E-state index is 14.4. The van der Waals surface area contributed by atoms with Gasteiger partial charge in [0.15, 0.2) is 0 Å². The first-order chi connectivity index (χ1) is 25.6. The van der Waals surface area contributed by atoms with Crippen LogP contribution in [-0.2, 0) is 28.7 Å². The minimum atomic E-state index is -0.774. The fourth-order valence-corrected chi connectivity index (χ4v) is 8.27. The van der Waals surface area contributed by atoms with Crippen molar-refractivity contribution < 1.29 is 28.7 Å². The van der Waals surface area contributed by atoms with E-state index in [2.05, 4.69) is 50.6 Å². The number of nitrogens with zero attached hydrogens (tertiary/aromatic N) is 3. The third-order valence-corrected chi connectivity index (χ3v) is 12.5. The van der Waals surface area contributed by atoms with Gasteiger partial charge >= 0.3 is 0 Å². The molecule has 1 aliphatic heterocycles. The maximum absolute atomic E-state index is 14.4. The van der Waals surface area contributed by atoms with Crippen LogP contribution in [0.15, 0.2) is 0 Å². The van der Waals surface area contributed by atoms with E-state index in [1.54, 1.807) is 26.0 Å². The number of carbonyl (C=O) groups excluding carboxylic acids is 5. The van der Waals surface area contributed by atoms with Gasteiger partial charge in [0.05, 0.1) is 36.5 Å². The summed E-state index contributed by atoms with van der Waals surface area (Å²) in [4.78, 5) is 72.7. The summed E-state index contributed by atoms with van der Waals surface area (Å²) in [7, 11) is 5.28. The number of methoxy groups -OCH3 is 1. The van der Waals surface area contributed by atoms with Gasteiger partial charge in [-0.15, -0.1) is 11.8 Å². The summed E-state index contributed by atoms with van der Waals surface area (Å²) >= 11 is 1.51. The van der Waals surface area contributed by atoms with Crippen molar-refractivity contribution in [3.8, 4) is 0 Å². The number of carbonyl (C=O) groups is 5. The molecule has 0 aromatic carbocycles. The van der Waals surface area contributed by atoms with Gasteiger partial charge in [-0.25, -0.2) is 0 Å². The molecule has 14 heteroatoms. The van der Waals surface area contributed by atoms with E-state index in [0.717, 1.165) is 25.8 Å². The summed E-state index contributed by atoms with van der Waals surface area (Å²) in [5.74, 6) is 0.609. The number of thioether (sulfide) groups is 1. The highest BCUT2D eigenvalue weighted by atomic mass is 32.2. The summed E-state index contributed by atoms with van der Waals surface area (Å²) in [5, 5.41) is 8.60. The van der Waals surface area contributed by atoms with E-state index in [-0.39, 0.29) is 71.7 Å². The molecule has 0 spiro atoms. The van der Waals surface area contributed by atoms with Crippen molar-refractivity contribution in [2.45, 2.75) is 151 Å². The molecule has 0 aromatic rings. The zero-order chi connectivity index (χ0) is 42.3. The number of likely N-dealkylation sites (N-methyl/N-ethyl adjacent to an activating group) is 2.